The Morgan fingerprint density at radius 2 is 1.93 bits per heavy atom. The maximum absolute atomic E-state index is 13.2. The van der Waals surface area contributed by atoms with Gasteiger partial charge < -0.3 is 10.6 Å². The normalized spacial score (nSPS) is 22.6. The van der Waals surface area contributed by atoms with E-state index in [0.717, 1.165) is 24.8 Å². The van der Waals surface area contributed by atoms with Gasteiger partial charge in [0, 0.05) is 24.8 Å². The summed E-state index contributed by atoms with van der Waals surface area (Å²) in [4.78, 5) is 31.6. The Hall–Kier alpha value is -2.63. The summed E-state index contributed by atoms with van der Waals surface area (Å²) in [5.74, 6) is 0.564. The van der Waals surface area contributed by atoms with E-state index in [1.165, 1.54) is 18.9 Å². The molecular weight excluding hydrogens is 340 g/mol. The highest BCUT2D eigenvalue weighted by molar-refractivity contribution is 5.93. The smallest absolute Gasteiger partial charge is 0.252 e. The first-order valence-corrected chi connectivity index (χ1v) is 9.71. The highest BCUT2D eigenvalue weighted by Gasteiger charge is 2.72. The first kappa shape index (κ1) is 17.8. The number of H-pyrrole nitrogens is 1. The Balaban J connectivity index is 1.41. The van der Waals surface area contributed by atoms with Gasteiger partial charge in [0.05, 0.1) is 5.41 Å². The van der Waals surface area contributed by atoms with Crippen molar-refractivity contribution < 1.29 is 4.79 Å². The molecule has 4 rings (SSSR count). The quantitative estimate of drug-likeness (QED) is 0.686. The topological polar surface area (TPSA) is 86.9 Å². The van der Waals surface area contributed by atoms with E-state index < -0.39 is 0 Å². The third kappa shape index (κ3) is 3.13. The van der Waals surface area contributed by atoms with Gasteiger partial charge in [-0.25, -0.2) is 4.98 Å². The summed E-state index contributed by atoms with van der Waals surface area (Å²) in [5.41, 5.74) is 1.39. The molecule has 2 fully saturated rings. The van der Waals surface area contributed by atoms with E-state index in [9.17, 15) is 9.59 Å². The van der Waals surface area contributed by atoms with Crippen molar-refractivity contribution in [3.63, 3.8) is 0 Å². The first-order chi connectivity index (χ1) is 13.1. The summed E-state index contributed by atoms with van der Waals surface area (Å²) in [6.07, 6.45) is 5.67. The van der Waals surface area contributed by atoms with Crippen LogP contribution in [0.3, 0.4) is 0 Å². The number of amides is 1. The number of anilines is 1. The van der Waals surface area contributed by atoms with Crippen molar-refractivity contribution >= 4 is 11.9 Å². The van der Waals surface area contributed by atoms with Crippen molar-refractivity contribution in [1.82, 2.24) is 15.3 Å². The molecule has 1 spiro atoms. The molecule has 0 unspecified atom stereocenters. The maximum Gasteiger partial charge on any atom is 0.252 e. The highest BCUT2D eigenvalue weighted by atomic mass is 16.2. The van der Waals surface area contributed by atoms with Crippen LogP contribution < -0.4 is 16.2 Å². The van der Waals surface area contributed by atoms with Crippen molar-refractivity contribution in [2.75, 3.05) is 18.4 Å². The fourth-order valence-corrected chi connectivity index (χ4v) is 4.87. The van der Waals surface area contributed by atoms with E-state index in [-0.39, 0.29) is 22.3 Å². The maximum atomic E-state index is 13.2. The predicted octanol–water partition coefficient (Wildman–Crippen LogP) is 2.51. The molecule has 2 aliphatic carbocycles. The van der Waals surface area contributed by atoms with Crippen LogP contribution in [0.25, 0.3) is 0 Å². The largest absolute Gasteiger partial charge is 0.354 e. The van der Waals surface area contributed by atoms with Crippen LogP contribution in [0.1, 0.15) is 43.4 Å². The number of carbonyl (C=O) groups is 1. The van der Waals surface area contributed by atoms with Crippen LogP contribution in [0.2, 0.25) is 0 Å². The highest BCUT2D eigenvalue weighted by Crippen LogP contribution is 2.72. The summed E-state index contributed by atoms with van der Waals surface area (Å²) in [5, 5.41) is 6.19. The fraction of sp³-hybridized carbons (Fsp3) is 0.476. The molecule has 0 radical (unpaired) electrons. The van der Waals surface area contributed by atoms with Crippen molar-refractivity contribution in [2.45, 2.75) is 44.4 Å². The minimum absolute atomic E-state index is 0.128. The number of aromatic nitrogens is 2. The average molecular weight is 366 g/mol. The van der Waals surface area contributed by atoms with Gasteiger partial charge in [-0.2, -0.15) is 0 Å². The minimum Gasteiger partial charge on any atom is -0.354 e. The second-order valence-electron chi connectivity index (χ2n) is 7.85. The lowest BCUT2D eigenvalue weighted by Crippen LogP contribution is -2.40. The number of carbonyl (C=O) groups excluding carboxylic acids is 1. The van der Waals surface area contributed by atoms with Crippen LogP contribution in [-0.4, -0.2) is 29.0 Å². The van der Waals surface area contributed by atoms with Gasteiger partial charge in [0.2, 0.25) is 11.9 Å². The summed E-state index contributed by atoms with van der Waals surface area (Å²) in [6, 6.07) is 11.7. The number of aryl methyl sites for hydroxylation is 1. The fourth-order valence-electron chi connectivity index (χ4n) is 4.87. The van der Waals surface area contributed by atoms with Crippen LogP contribution in [0.15, 0.2) is 41.2 Å². The molecule has 0 saturated heterocycles. The Morgan fingerprint density at radius 3 is 2.63 bits per heavy atom. The van der Waals surface area contributed by atoms with Crippen molar-refractivity contribution in [3.8, 4) is 0 Å². The number of nitrogens with zero attached hydrogens (tertiary/aromatic N) is 1. The number of hydrogen-bond donors (Lipinski definition) is 3. The van der Waals surface area contributed by atoms with Gasteiger partial charge in [0.25, 0.3) is 5.56 Å². The van der Waals surface area contributed by atoms with Gasteiger partial charge in [-0.3, -0.25) is 14.6 Å². The van der Waals surface area contributed by atoms with Gasteiger partial charge in [0.1, 0.15) is 0 Å². The Morgan fingerprint density at radius 1 is 1.19 bits per heavy atom. The molecule has 0 aliphatic heterocycles. The van der Waals surface area contributed by atoms with Gasteiger partial charge >= 0.3 is 0 Å². The molecule has 2 saturated carbocycles. The van der Waals surface area contributed by atoms with Gasteiger partial charge in [-0.05, 0) is 37.2 Å². The molecular formula is C21H26N4O2. The van der Waals surface area contributed by atoms with E-state index in [1.54, 1.807) is 6.92 Å². The molecule has 1 aromatic heterocycles. The summed E-state index contributed by atoms with van der Waals surface area (Å²) >= 11 is 0. The van der Waals surface area contributed by atoms with Gasteiger partial charge in [-0.15, -0.1) is 0 Å². The molecule has 2 aliphatic rings. The molecule has 3 N–H and O–H groups in total. The Labute approximate surface area is 158 Å². The number of benzene rings is 1. The zero-order valence-electron chi connectivity index (χ0n) is 15.7. The zero-order valence-corrected chi connectivity index (χ0v) is 15.7. The van der Waals surface area contributed by atoms with E-state index in [1.807, 2.05) is 18.2 Å². The molecule has 1 aromatic carbocycles. The van der Waals surface area contributed by atoms with Crippen LogP contribution >= 0.6 is 0 Å². The third-order valence-electron chi connectivity index (χ3n) is 6.17. The van der Waals surface area contributed by atoms with E-state index in [4.69, 9.17) is 0 Å². The van der Waals surface area contributed by atoms with Crippen LogP contribution in [0.4, 0.5) is 5.95 Å². The lowest BCUT2D eigenvalue weighted by atomic mass is 9.84. The van der Waals surface area contributed by atoms with E-state index in [0.29, 0.717) is 24.7 Å². The lowest BCUT2D eigenvalue weighted by molar-refractivity contribution is -0.124. The standard InChI is InChI=1S/C21H26N4O2/c1-15-13-17(26)25-19(24-15)23-12-11-22-18(27)21(16-7-3-2-4-8-16)14-20(21)9-5-6-10-20/h2-4,7-8,13H,5-6,9-12,14H2,1H3,(H,22,27)(H2,23,24,25,26)/t21-/m1/s1. The molecule has 6 nitrogen and oxygen atoms in total. The molecule has 27 heavy (non-hydrogen) atoms. The first-order valence-electron chi connectivity index (χ1n) is 9.71. The van der Waals surface area contributed by atoms with Crippen molar-refractivity contribution in [1.29, 1.82) is 0 Å². The second-order valence-corrected chi connectivity index (χ2v) is 7.85. The van der Waals surface area contributed by atoms with E-state index >= 15 is 0 Å². The van der Waals surface area contributed by atoms with Crippen LogP contribution in [0, 0.1) is 12.3 Å². The van der Waals surface area contributed by atoms with Crippen molar-refractivity contribution in [2.24, 2.45) is 5.41 Å². The SMILES string of the molecule is Cc1cc(=O)[nH]c(NCCNC(=O)[C@]2(c3ccccc3)CC23CCCC3)n1. The molecule has 6 heteroatoms. The monoisotopic (exact) mass is 366 g/mol. The molecule has 2 aromatic rings. The molecule has 1 heterocycles. The lowest BCUT2D eigenvalue weighted by Gasteiger charge is -2.22. The average Bonchev–Trinajstić information content (AvgIpc) is 3.06. The Kier molecular flexibility index (Phi) is 4.50. The van der Waals surface area contributed by atoms with Crippen LogP contribution in [0.5, 0.6) is 0 Å². The minimum atomic E-state index is -0.374. The zero-order chi connectivity index (χ0) is 18.9. The molecule has 142 valence electrons. The third-order valence-corrected chi connectivity index (χ3v) is 6.17. The molecule has 1 amide bonds. The Bertz CT molecular complexity index is 887. The van der Waals surface area contributed by atoms with Gasteiger partial charge in [-0.1, -0.05) is 43.2 Å². The number of nitrogens with one attached hydrogen (secondary N) is 3. The van der Waals surface area contributed by atoms with E-state index in [2.05, 4.69) is 32.7 Å². The van der Waals surface area contributed by atoms with Crippen LogP contribution in [-0.2, 0) is 10.2 Å². The molecule has 0 bridgehead atoms. The predicted molar refractivity (Wildman–Crippen MR) is 105 cm³/mol. The number of aromatic amines is 1. The van der Waals surface area contributed by atoms with Gasteiger partial charge in [0.15, 0.2) is 0 Å². The number of hydrogen-bond acceptors (Lipinski definition) is 4. The van der Waals surface area contributed by atoms with Crippen molar-refractivity contribution in [3.05, 3.63) is 58.0 Å². The summed E-state index contributed by atoms with van der Waals surface area (Å²) in [6.45, 7) is 2.77. The summed E-state index contributed by atoms with van der Waals surface area (Å²) < 4.78 is 0. The second kappa shape index (κ2) is 6.83. The number of rotatable bonds is 6. The summed E-state index contributed by atoms with van der Waals surface area (Å²) in [7, 11) is 0. The molecule has 1 atom stereocenters.